The molecular formula is C14H20N4O. The maximum Gasteiger partial charge on any atom is 0.152 e. The molecule has 0 radical (unpaired) electrons. The lowest BCUT2D eigenvalue weighted by molar-refractivity contribution is 0.415. The van der Waals surface area contributed by atoms with Crippen LogP contribution in [0.3, 0.4) is 0 Å². The Morgan fingerprint density at radius 2 is 2.21 bits per heavy atom. The third-order valence-electron chi connectivity index (χ3n) is 2.98. The van der Waals surface area contributed by atoms with E-state index in [1.54, 1.807) is 11.8 Å². The number of nitrogen functional groups attached to an aromatic ring is 1. The molecule has 1 heterocycles. The van der Waals surface area contributed by atoms with Crippen molar-refractivity contribution in [3.8, 4) is 5.75 Å². The van der Waals surface area contributed by atoms with Crippen LogP contribution in [0.5, 0.6) is 5.75 Å². The smallest absolute Gasteiger partial charge is 0.152 e. The van der Waals surface area contributed by atoms with E-state index in [0.29, 0.717) is 5.69 Å². The second-order valence-electron chi connectivity index (χ2n) is 4.44. The molecule has 0 atom stereocenters. The maximum absolute atomic E-state index is 6.13. The van der Waals surface area contributed by atoms with Crippen LogP contribution in [0.15, 0.2) is 24.3 Å². The van der Waals surface area contributed by atoms with Gasteiger partial charge in [0.05, 0.1) is 18.5 Å². The summed E-state index contributed by atoms with van der Waals surface area (Å²) in [4.78, 5) is 0. The molecule has 0 fully saturated rings. The average molecular weight is 260 g/mol. The normalized spacial score (nSPS) is 10.5. The number of aryl methyl sites for hydroxylation is 2. The van der Waals surface area contributed by atoms with Crippen molar-refractivity contribution >= 4 is 17.2 Å². The molecule has 0 spiro atoms. The Morgan fingerprint density at radius 1 is 1.42 bits per heavy atom. The Kier molecular flexibility index (Phi) is 3.94. The largest absolute Gasteiger partial charge is 0.497 e. The van der Waals surface area contributed by atoms with E-state index in [4.69, 9.17) is 10.5 Å². The van der Waals surface area contributed by atoms with Crippen LogP contribution in [0.4, 0.5) is 17.2 Å². The Morgan fingerprint density at radius 3 is 2.89 bits per heavy atom. The number of anilines is 3. The molecule has 2 aromatic rings. The first-order chi connectivity index (χ1) is 9.15. The quantitative estimate of drug-likeness (QED) is 0.867. The predicted molar refractivity (Wildman–Crippen MR) is 77.9 cm³/mol. The number of nitrogens with one attached hydrogen (secondary N) is 1. The highest BCUT2D eigenvalue weighted by molar-refractivity contribution is 5.71. The summed E-state index contributed by atoms with van der Waals surface area (Å²) >= 11 is 0. The summed E-state index contributed by atoms with van der Waals surface area (Å²) in [7, 11) is 3.54. The minimum atomic E-state index is 0.715. The van der Waals surface area contributed by atoms with Crippen molar-refractivity contribution in [2.24, 2.45) is 7.05 Å². The van der Waals surface area contributed by atoms with Gasteiger partial charge in [0.1, 0.15) is 5.75 Å². The lowest BCUT2D eigenvalue weighted by Gasteiger charge is -2.09. The first kappa shape index (κ1) is 13.3. The van der Waals surface area contributed by atoms with E-state index in [1.165, 1.54) is 0 Å². The van der Waals surface area contributed by atoms with E-state index in [2.05, 4.69) is 17.3 Å². The summed E-state index contributed by atoms with van der Waals surface area (Å²) in [6.07, 6.45) is 1.92. The molecule has 0 saturated carbocycles. The molecule has 0 unspecified atom stereocenters. The van der Waals surface area contributed by atoms with Crippen molar-refractivity contribution < 1.29 is 4.74 Å². The highest BCUT2D eigenvalue weighted by Gasteiger charge is 2.12. The molecule has 1 aromatic carbocycles. The molecule has 5 nitrogen and oxygen atoms in total. The van der Waals surface area contributed by atoms with E-state index >= 15 is 0 Å². The lowest BCUT2D eigenvalue weighted by Crippen LogP contribution is -2.01. The third-order valence-corrected chi connectivity index (χ3v) is 2.98. The maximum atomic E-state index is 6.13. The zero-order valence-corrected chi connectivity index (χ0v) is 11.6. The summed E-state index contributed by atoms with van der Waals surface area (Å²) < 4.78 is 6.98. The number of nitrogens with two attached hydrogens (primary N) is 1. The second kappa shape index (κ2) is 5.65. The molecule has 5 heteroatoms. The Labute approximate surface area is 113 Å². The van der Waals surface area contributed by atoms with Gasteiger partial charge in [-0.15, -0.1) is 0 Å². The second-order valence-corrected chi connectivity index (χ2v) is 4.44. The minimum absolute atomic E-state index is 0.715. The van der Waals surface area contributed by atoms with Crippen LogP contribution in [0.1, 0.15) is 19.0 Å². The summed E-state index contributed by atoms with van der Waals surface area (Å²) in [6, 6.07) is 7.72. The first-order valence-corrected chi connectivity index (χ1v) is 6.38. The standard InChI is InChI=1S/C14H20N4O/c1-4-6-12-13(15)14(18(2)17-12)16-10-7-5-8-11(9-10)19-3/h5,7-9,16H,4,6,15H2,1-3H3. The summed E-state index contributed by atoms with van der Waals surface area (Å²) in [5.74, 6) is 1.62. The number of rotatable bonds is 5. The molecule has 0 aliphatic heterocycles. The van der Waals surface area contributed by atoms with Gasteiger partial charge in [0.25, 0.3) is 0 Å². The van der Waals surface area contributed by atoms with Crippen molar-refractivity contribution in [1.29, 1.82) is 0 Å². The van der Waals surface area contributed by atoms with Gasteiger partial charge in [0.2, 0.25) is 0 Å². The summed E-state index contributed by atoms with van der Waals surface area (Å²) in [5.41, 5.74) is 8.71. The van der Waals surface area contributed by atoms with Crippen molar-refractivity contribution in [3.05, 3.63) is 30.0 Å². The Balaban J connectivity index is 2.27. The van der Waals surface area contributed by atoms with Gasteiger partial charge in [-0.1, -0.05) is 19.4 Å². The number of nitrogens with zero attached hydrogens (tertiary/aromatic N) is 2. The monoisotopic (exact) mass is 260 g/mol. The van der Waals surface area contributed by atoms with Gasteiger partial charge >= 0.3 is 0 Å². The van der Waals surface area contributed by atoms with Crippen LogP contribution >= 0.6 is 0 Å². The van der Waals surface area contributed by atoms with E-state index in [9.17, 15) is 0 Å². The number of hydrogen-bond acceptors (Lipinski definition) is 4. The molecule has 0 amide bonds. The molecular weight excluding hydrogens is 240 g/mol. The van der Waals surface area contributed by atoms with Crippen LogP contribution in [0.25, 0.3) is 0 Å². The molecule has 102 valence electrons. The van der Waals surface area contributed by atoms with Gasteiger partial charge < -0.3 is 15.8 Å². The van der Waals surface area contributed by atoms with Gasteiger partial charge in [-0.05, 0) is 18.6 Å². The number of aromatic nitrogens is 2. The fourth-order valence-corrected chi connectivity index (χ4v) is 2.00. The topological polar surface area (TPSA) is 65.1 Å². The number of benzene rings is 1. The molecule has 19 heavy (non-hydrogen) atoms. The van der Waals surface area contributed by atoms with Crippen LogP contribution in [-0.2, 0) is 13.5 Å². The average Bonchev–Trinajstić information content (AvgIpc) is 2.67. The SMILES string of the molecule is CCCc1nn(C)c(Nc2cccc(OC)c2)c1N. The summed E-state index contributed by atoms with van der Waals surface area (Å²) in [6.45, 7) is 2.11. The number of ether oxygens (including phenoxy) is 1. The molecule has 2 rings (SSSR count). The fourth-order valence-electron chi connectivity index (χ4n) is 2.00. The predicted octanol–water partition coefficient (Wildman–Crippen LogP) is 2.71. The molecule has 0 bridgehead atoms. The molecule has 3 N–H and O–H groups in total. The molecule has 0 aliphatic rings. The summed E-state index contributed by atoms with van der Waals surface area (Å²) in [5, 5.41) is 7.73. The first-order valence-electron chi connectivity index (χ1n) is 6.38. The zero-order valence-electron chi connectivity index (χ0n) is 11.6. The lowest BCUT2D eigenvalue weighted by atomic mass is 10.2. The minimum Gasteiger partial charge on any atom is -0.497 e. The van der Waals surface area contributed by atoms with Gasteiger partial charge in [-0.2, -0.15) is 5.10 Å². The highest BCUT2D eigenvalue weighted by atomic mass is 16.5. The van der Waals surface area contributed by atoms with Gasteiger partial charge in [-0.3, -0.25) is 4.68 Å². The third kappa shape index (κ3) is 2.81. The highest BCUT2D eigenvalue weighted by Crippen LogP contribution is 2.27. The van der Waals surface area contributed by atoms with Crippen molar-refractivity contribution in [1.82, 2.24) is 9.78 Å². The van der Waals surface area contributed by atoms with Gasteiger partial charge in [-0.25, -0.2) is 0 Å². The van der Waals surface area contributed by atoms with Crippen molar-refractivity contribution in [3.63, 3.8) is 0 Å². The molecule has 1 aromatic heterocycles. The van der Waals surface area contributed by atoms with Crippen LogP contribution in [-0.4, -0.2) is 16.9 Å². The molecule has 0 saturated heterocycles. The van der Waals surface area contributed by atoms with Crippen molar-refractivity contribution in [2.45, 2.75) is 19.8 Å². The van der Waals surface area contributed by atoms with Crippen LogP contribution in [0, 0.1) is 0 Å². The zero-order chi connectivity index (χ0) is 13.8. The van der Waals surface area contributed by atoms with Crippen LogP contribution < -0.4 is 15.8 Å². The Bertz CT molecular complexity index is 563. The number of hydrogen-bond donors (Lipinski definition) is 2. The van der Waals surface area contributed by atoms with E-state index in [1.807, 2.05) is 31.3 Å². The van der Waals surface area contributed by atoms with Crippen molar-refractivity contribution in [2.75, 3.05) is 18.2 Å². The van der Waals surface area contributed by atoms with Gasteiger partial charge in [0.15, 0.2) is 5.82 Å². The van der Waals surface area contributed by atoms with E-state index < -0.39 is 0 Å². The van der Waals surface area contributed by atoms with E-state index in [0.717, 1.165) is 35.8 Å². The van der Waals surface area contributed by atoms with Gasteiger partial charge in [0, 0.05) is 18.8 Å². The van der Waals surface area contributed by atoms with Crippen LogP contribution in [0.2, 0.25) is 0 Å². The number of methoxy groups -OCH3 is 1. The fraction of sp³-hybridized carbons (Fsp3) is 0.357. The van der Waals surface area contributed by atoms with E-state index in [-0.39, 0.29) is 0 Å². The molecule has 0 aliphatic carbocycles. The Hall–Kier alpha value is -2.17.